The Kier molecular flexibility index (Phi) is 4.98. The van der Waals surface area contributed by atoms with E-state index in [0.29, 0.717) is 12.5 Å². The van der Waals surface area contributed by atoms with E-state index in [1.54, 1.807) is 0 Å². The molecule has 102 valence electrons. The van der Waals surface area contributed by atoms with Crippen molar-refractivity contribution in [2.45, 2.75) is 40.0 Å². The summed E-state index contributed by atoms with van der Waals surface area (Å²) in [6.07, 6.45) is 3.13. The van der Waals surface area contributed by atoms with Crippen LogP contribution in [0.25, 0.3) is 0 Å². The molecule has 1 aliphatic rings. The maximum Gasteiger partial charge on any atom is 0.212 e. The first-order valence-corrected chi connectivity index (χ1v) is 7.97. The molecule has 1 rings (SSSR count). The molecule has 0 spiro atoms. The van der Waals surface area contributed by atoms with Crippen LogP contribution < -0.4 is 4.72 Å². The predicted molar refractivity (Wildman–Crippen MR) is 69.2 cm³/mol. The minimum atomic E-state index is -3.19. The molecule has 0 bridgehead atoms. The van der Waals surface area contributed by atoms with Gasteiger partial charge >= 0.3 is 0 Å². The molecule has 2 unspecified atom stereocenters. The zero-order valence-corrected chi connectivity index (χ0v) is 11.9. The fourth-order valence-corrected chi connectivity index (χ4v) is 4.19. The quantitative estimate of drug-likeness (QED) is 0.787. The van der Waals surface area contributed by atoms with Crippen LogP contribution in [0.3, 0.4) is 0 Å². The largest absolute Gasteiger partial charge is 0.396 e. The summed E-state index contributed by atoms with van der Waals surface area (Å²) in [5.74, 6) is 0.721. The van der Waals surface area contributed by atoms with Crippen LogP contribution in [0.4, 0.5) is 0 Å². The molecule has 1 saturated carbocycles. The van der Waals surface area contributed by atoms with Crippen LogP contribution in [0.2, 0.25) is 0 Å². The first-order chi connectivity index (χ1) is 7.73. The summed E-state index contributed by atoms with van der Waals surface area (Å²) < 4.78 is 26.3. The average Bonchev–Trinajstić information content (AvgIpc) is 2.58. The molecule has 0 heterocycles. The van der Waals surface area contributed by atoms with Crippen LogP contribution in [0, 0.1) is 17.3 Å². The summed E-state index contributed by atoms with van der Waals surface area (Å²) in [5, 5.41) is 9.18. The molecular formula is C12H25NO3S. The van der Waals surface area contributed by atoms with E-state index in [9.17, 15) is 13.5 Å². The smallest absolute Gasteiger partial charge is 0.212 e. The maximum absolute atomic E-state index is 11.8. The predicted octanol–water partition coefficient (Wildman–Crippen LogP) is 1.36. The van der Waals surface area contributed by atoms with Gasteiger partial charge in [-0.15, -0.1) is 0 Å². The van der Waals surface area contributed by atoms with E-state index in [2.05, 4.69) is 4.72 Å². The van der Waals surface area contributed by atoms with Gasteiger partial charge in [-0.1, -0.05) is 27.2 Å². The van der Waals surface area contributed by atoms with Gasteiger partial charge in [-0.05, 0) is 30.1 Å². The van der Waals surface area contributed by atoms with Crippen molar-refractivity contribution in [3.63, 3.8) is 0 Å². The second-order valence-corrected chi connectivity index (χ2v) is 8.11. The first kappa shape index (κ1) is 14.9. The van der Waals surface area contributed by atoms with Gasteiger partial charge < -0.3 is 5.11 Å². The van der Waals surface area contributed by atoms with Gasteiger partial charge in [0.05, 0.1) is 5.75 Å². The van der Waals surface area contributed by atoms with Gasteiger partial charge in [0.25, 0.3) is 0 Å². The second kappa shape index (κ2) is 5.67. The van der Waals surface area contributed by atoms with Crippen molar-refractivity contribution in [3.05, 3.63) is 0 Å². The van der Waals surface area contributed by atoms with Crippen LogP contribution >= 0.6 is 0 Å². The third-order valence-corrected chi connectivity index (χ3v) is 5.09. The van der Waals surface area contributed by atoms with Crippen molar-refractivity contribution >= 4 is 10.0 Å². The summed E-state index contributed by atoms with van der Waals surface area (Å²) >= 11 is 0. The Labute approximate surface area is 105 Å². The molecule has 5 heteroatoms. The zero-order valence-electron chi connectivity index (χ0n) is 11.1. The lowest BCUT2D eigenvalue weighted by Gasteiger charge is -2.21. The first-order valence-electron chi connectivity index (χ1n) is 6.32. The Bertz CT molecular complexity index is 332. The minimum absolute atomic E-state index is 0.149. The van der Waals surface area contributed by atoms with Crippen molar-refractivity contribution in [1.82, 2.24) is 4.72 Å². The molecule has 0 aliphatic heterocycles. The Hall–Kier alpha value is -0.130. The number of hydrogen-bond donors (Lipinski definition) is 2. The third kappa shape index (κ3) is 5.36. The molecule has 1 fully saturated rings. The lowest BCUT2D eigenvalue weighted by molar-refractivity contribution is 0.195. The van der Waals surface area contributed by atoms with Crippen LogP contribution in [0.5, 0.6) is 0 Å². The van der Waals surface area contributed by atoms with Crippen molar-refractivity contribution < 1.29 is 13.5 Å². The second-order valence-electron chi connectivity index (χ2n) is 6.30. The highest BCUT2D eigenvalue weighted by Gasteiger charge is 2.28. The number of aliphatic hydroxyl groups is 1. The van der Waals surface area contributed by atoms with Gasteiger partial charge in [0.1, 0.15) is 0 Å². The highest BCUT2D eigenvalue weighted by atomic mass is 32.2. The van der Waals surface area contributed by atoms with Gasteiger partial charge in [-0.2, -0.15) is 0 Å². The lowest BCUT2D eigenvalue weighted by Crippen LogP contribution is -2.36. The number of aliphatic hydroxyl groups excluding tert-OH is 1. The summed E-state index contributed by atoms with van der Waals surface area (Å²) in [5.41, 5.74) is -0.224. The Morgan fingerprint density at radius 2 is 1.82 bits per heavy atom. The monoisotopic (exact) mass is 263 g/mol. The molecule has 0 saturated heterocycles. The fraction of sp³-hybridized carbons (Fsp3) is 1.00. The molecular weight excluding hydrogens is 238 g/mol. The molecule has 0 aromatic carbocycles. The van der Waals surface area contributed by atoms with Crippen molar-refractivity contribution in [1.29, 1.82) is 0 Å². The lowest BCUT2D eigenvalue weighted by atomic mass is 9.97. The van der Waals surface area contributed by atoms with E-state index in [1.807, 2.05) is 20.8 Å². The van der Waals surface area contributed by atoms with E-state index < -0.39 is 10.0 Å². The van der Waals surface area contributed by atoms with Gasteiger partial charge in [0.15, 0.2) is 0 Å². The molecule has 2 N–H and O–H groups in total. The van der Waals surface area contributed by atoms with Gasteiger partial charge in [0.2, 0.25) is 10.0 Å². The SMILES string of the molecule is CC(C)(C)CS(=O)(=O)NCC1CCCC1CO. The topological polar surface area (TPSA) is 66.4 Å². The third-order valence-electron chi connectivity index (χ3n) is 3.24. The van der Waals surface area contributed by atoms with Crippen molar-refractivity contribution in [2.75, 3.05) is 18.9 Å². The summed E-state index contributed by atoms with van der Waals surface area (Å²) in [6.45, 7) is 6.39. The van der Waals surface area contributed by atoms with E-state index >= 15 is 0 Å². The standard InChI is InChI=1S/C12H25NO3S/c1-12(2,3)9-17(15,16)13-7-10-5-4-6-11(10)8-14/h10-11,13-14H,4-9H2,1-3H3. The molecule has 0 radical (unpaired) electrons. The van der Waals surface area contributed by atoms with E-state index in [4.69, 9.17) is 0 Å². The van der Waals surface area contributed by atoms with E-state index in [0.717, 1.165) is 19.3 Å². The summed E-state index contributed by atoms with van der Waals surface area (Å²) in [7, 11) is -3.19. The van der Waals surface area contributed by atoms with E-state index in [-0.39, 0.29) is 23.7 Å². The van der Waals surface area contributed by atoms with Crippen LogP contribution in [0.15, 0.2) is 0 Å². The minimum Gasteiger partial charge on any atom is -0.396 e. The summed E-state index contributed by atoms with van der Waals surface area (Å²) in [4.78, 5) is 0. The molecule has 1 aliphatic carbocycles. The zero-order chi connectivity index (χ0) is 13.1. The van der Waals surface area contributed by atoms with Gasteiger partial charge in [-0.3, -0.25) is 0 Å². The molecule has 0 aromatic heterocycles. The number of hydrogen-bond acceptors (Lipinski definition) is 3. The van der Waals surface area contributed by atoms with Crippen molar-refractivity contribution in [3.8, 4) is 0 Å². The Balaban J connectivity index is 2.44. The number of rotatable bonds is 5. The van der Waals surface area contributed by atoms with Crippen LogP contribution in [0.1, 0.15) is 40.0 Å². The normalized spacial score (nSPS) is 26.4. The number of nitrogens with one attached hydrogen (secondary N) is 1. The molecule has 0 aromatic rings. The molecule has 0 amide bonds. The Morgan fingerprint density at radius 1 is 1.24 bits per heavy atom. The average molecular weight is 263 g/mol. The maximum atomic E-state index is 11.8. The van der Waals surface area contributed by atoms with Gasteiger partial charge in [-0.25, -0.2) is 13.1 Å². The van der Waals surface area contributed by atoms with E-state index in [1.165, 1.54) is 0 Å². The number of sulfonamides is 1. The molecule has 4 nitrogen and oxygen atoms in total. The molecule has 17 heavy (non-hydrogen) atoms. The van der Waals surface area contributed by atoms with Crippen molar-refractivity contribution in [2.24, 2.45) is 17.3 Å². The fourth-order valence-electron chi connectivity index (χ4n) is 2.48. The van der Waals surface area contributed by atoms with Gasteiger partial charge in [0, 0.05) is 13.2 Å². The summed E-state index contributed by atoms with van der Waals surface area (Å²) in [6, 6.07) is 0. The highest BCUT2D eigenvalue weighted by molar-refractivity contribution is 7.89. The Morgan fingerprint density at radius 3 is 2.35 bits per heavy atom. The van der Waals surface area contributed by atoms with Crippen LogP contribution in [-0.4, -0.2) is 32.4 Å². The molecule has 2 atom stereocenters. The van der Waals surface area contributed by atoms with Crippen LogP contribution in [-0.2, 0) is 10.0 Å². The highest BCUT2D eigenvalue weighted by Crippen LogP contribution is 2.30.